The van der Waals surface area contributed by atoms with E-state index in [4.69, 9.17) is 4.74 Å². The van der Waals surface area contributed by atoms with Crippen LogP contribution >= 0.6 is 27.3 Å². The fraction of sp³-hybridized carbons (Fsp3) is 0.389. The Hall–Kier alpha value is -1.73. The molecule has 1 aliphatic heterocycles. The van der Waals surface area contributed by atoms with Crippen LogP contribution < -0.4 is 20.3 Å². The summed E-state index contributed by atoms with van der Waals surface area (Å²) in [5.41, 5.74) is 1.18. The summed E-state index contributed by atoms with van der Waals surface area (Å²) in [4.78, 5) is 15.4. The molecule has 1 saturated heterocycles. The molecule has 0 saturated carbocycles. The van der Waals surface area contributed by atoms with Gasteiger partial charge in [0, 0.05) is 46.1 Å². The summed E-state index contributed by atoms with van der Waals surface area (Å²) in [6.45, 7) is 3.21. The van der Waals surface area contributed by atoms with Crippen LogP contribution in [0.4, 0.5) is 10.5 Å². The summed E-state index contributed by atoms with van der Waals surface area (Å²) in [7, 11) is 1.68. The Balaban J connectivity index is 1.41. The van der Waals surface area contributed by atoms with Gasteiger partial charge in [-0.2, -0.15) is 0 Å². The van der Waals surface area contributed by atoms with Gasteiger partial charge in [0.2, 0.25) is 0 Å². The number of nitrogens with zero attached hydrogens (tertiary/aromatic N) is 1. The lowest BCUT2D eigenvalue weighted by atomic mass is 10.1. The molecule has 7 heteroatoms. The zero-order valence-corrected chi connectivity index (χ0v) is 16.5. The fourth-order valence-corrected chi connectivity index (χ4v) is 4.35. The molecule has 1 aliphatic rings. The van der Waals surface area contributed by atoms with Gasteiger partial charge < -0.3 is 20.3 Å². The lowest BCUT2D eigenvalue weighted by Crippen LogP contribution is -2.38. The molecule has 0 aliphatic carbocycles. The maximum atomic E-state index is 12.0. The number of methoxy groups -OCH3 is 1. The van der Waals surface area contributed by atoms with Gasteiger partial charge >= 0.3 is 6.03 Å². The smallest absolute Gasteiger partial charge is 0.315 e. The number of anilines is 1. The first kappa shape index (κ1) is 18.1. The van der Waals surface area contributed by atoms with E-state index in [-0.39, 0.29) is 6.03 Å². The maximum Gasteiger partial charge on any atom is 0.315 e. The molecule has 0 radical (unpaired) electrons. The molecule has 1 unspecified atom stereocenters. The van der Waals surface area contributed by atoms with Crippen molar-refractivity contribution < 1.29 is 9.53 Å². The van der Waals surface area contributed by atoms with Crippen LogP contribution in [-0.4, -0.2) is 32.8 Å². The van der Waals surface area contributed by atoms with Crippen LogP contribution in [0.3, 0.4) is 0 Å². The molecule has 1 atom stereocenters. The number of carbonyl (C=O) groups excluding carboxylic acids is 1. The van der Waals surface area contributed by atoms with E-state index in [0.29, 0.717) is 19.0 Å². The number of rotatable bonds is 6. The normalized spacial score (nSPS) is 16.7. The van der Waals surface area contributed by atoms with Crippen LogP contribution in [0.15, 0.2) is 40.2 Å². The van der Waals surface area contributed by atoms with Crippen molar-refractivity contribution in [2.45, 2.75) is 13.0 Å². The van der Waals surface area contributed by atoms with Gasteiger partial charge in [0.15, 0.2) is 0 Å². The monoisotopic (exact) mass is 423 g/mol. The van der Waals surface area contributed by atoms with Crippen LogP contribution in [-0.2, 0) is 6.54 Å². The highest BCUT2D eigenvalue weighted by molar-refractivity contribution is 9.10. The fourth-order valence-electron chi connectivity index (χ4n) is 2.95. The van der Waals surface area contributed by atoms with E-state index >= 15 is 0 Å². The lowest BCUT2D eigenvalue weighted by molar-refractivity contribution is 0.239. The summed E-state index contributed by atoms with van der Waals surface area (Å²) in [6.07, 6.45) is 1.08. The number of urea groups is 1. The van der Waals surface area contributed by atoms with E-state index in [2.05, 4.69) is 43.6 Å². The summed E-state index contributed by atoms with van der Waals surface area (Å²) in [6, 6.07) is 10.0. The number of thiophene rings is 1. The van der Waals surface area contributed by atoms with Crippen molar-refractivity contribution in [1.29, 1.82) is 0 Å². The van der Waals surface area contributed by atoms with Crippen molar-refractivity contribution in [3.63, 3.8) is 0 Å². The molecule has 3 rings (SSSR count). The van der Waals surface area contributed by atoms with Crippen LogP contribution in [0.2, 0.25) is 0 Å². The third-order valence-electron chi connectivity index (χ3n) is 4.30. The number of benzene rings is 1. The molecule has 5 nitrogen and oxygen atoms in total. The zero-order chi connectivity index (χ0) is 17.6. The first-order valence-electron chi connectivity index (χ1n) is 8.27. The Labute approximate surface area is 160 Å². The number of halogens is 1. The van der Waals surface area contributed by atoms with E-state index in [1.165, 1.54) is 5.69 Å². The highest BCUT2D eigenvalue weighted by atomic mass is 79.9. The van der Waals surface area contributed by atoms with Gasteiger partial charge in [-0.05, 0) is 46.5 Å². The number of amides is 2. The van der Waals surface area contributed by atoms with E-state index in [1.807, 2.05) is 23.6 Å². The lowest BCUT2D eigenvalue weighted by Gasteiger charge is -2.19. The topological polar surface area (TPSA) is 53.6 Å². The maximum absolute atomic E-state index is 12.0. The van der Waals surface area contributed by atoms with Gasteiger partial charge in [0.05, 0.1) is 13.7 Å². The number of hydrogen-bond donors (Lipinski definition) is 2. The molecule has 2 aromatic rings. The second kappa shape index (κ2) is 8.58. The first-order valence-corrected chi connectivity index (χ1v) is 9.95. The van der Waals surface area contributed by atoms with E-state index in [0.717, 1.165) is 34.6 Å². The average Bonchev–Trinajstić information content (AvgIpc) is 3.27. The molecule has 1 fully saturated rings. The Morgan fingerprint density at radius 3 is 3.04 bits per heavy atom. The molecule has 134 valence electrons. The van der Waals surface area contributed by atoms with Crippen molar-refractivity contribution in [3.05, 3.63) is 45.1 Å². The quantitative estimate of drug-likeness (QED) is 0.741. The third kappa shape index (κ3) is 5.12. The van der Waals surface area contributed by atoms with Crippen molar-refractivity contribution in [2.75, 3.05) is 31.6 Å². The van der Waals surface area contributed by atoms with Crippen molar-refractivity contribution in [2.24, 2.45) is 5.92 Å². The zero-order valence-electron chi connectivity index (χ0n) is 14.1. The van der Waals surface area contributed by atoms with Crippen LogP contribution in [0.25, 0.3) is 0 Å². The Morgan fingerprint density at radius 2 is 2.28 bits per heavy atom. The standard InChI is InChI=1S/C18H22BrN3O2S/c1-24-16-4-2-3-15(8-16)22-6-5-13(11-22)9-20-18(23)21-10-17-7-14(19)12-25-17/h2-4,7-8,12-13H,5-6,9-11H2,1H3,(H2,20,21,23). The van der Waals surface area contributed by atoms with Gasteiger partial charge in [-0.25, -0.2) is 4.79 Å². The second-order valence-electron chi connectivity index (χ2n) is 6.10. The molecule has 1 aromatic heterocycles. The van der Waals surface area contributed by atoms with Crippen molar-refractivity contribution >= 4 is 39.0 Å². The minimum absolute atomic E-state index is 0.107. The molecule has 25 heavy (non-hydrogen) atoms. The first-order chi connectivity index (χ1) is 12.1. The van der Waals surface area contributed by atoms with E-state index in [9.17, 15) is 4.79 Å². The molecular formula is C18H22BrN3O2S. The van der Waals surface area contributed by atoms with Crippen LogP contribution in [0.5, 0.6) is 5.75 Å². The molecular weight excluding hydrogens is 402 g/mol. The Bertz CT molecular complexity index is 722. The average molecular weight is 424 g/mol. The van der Waals surface area contributed by atoms with Crippen molar-refractivity contribution in [3.8, 4) is 5.75 Å². The number of carbonyl (C=O) groups is 1. The van der Waals surface area contributed by atoms with Gasteiger partial charge in [0.25, 0.3) is 0 Å². The predicted octanol–water partition coefficient (Wildman–Crippen LogP) is 3.84. The largest absolute Gasteiger partial charge is 0.497 e. The van der Waals surface area contributed by atoms with Gasteiger partial charge in [-0.1, -0.05) is 6.07 Å². The Morgan fingerprint density at radius 1 is 1.40 bits per heavy atom. The highest BCUT2D eigenvalue weighted by Gasteiger charge is 2.23. The SMILES string of the molecule is COc1cccc(N2CCC(CNC(=O)NCc3cc(Br)cs3)C2)c1. The minimum Gasteiger partial charge on any atom is -0.497 e. The third-order valence-corrected chi connectivity index (χ3v) is 6.00. The summed E-state index contributed by atoms with van der Waals surface area (Å²) >= 11 is 5.05. The van der Waals surface area contributed by atoms with E-state index in [1.54, 1.807) is 18.4 Å². The highest BCUT2D eigenvalue weighted by Crippen LogP contribution is 2.26. The molecule has 2 N–H and O–H groups in total. The number of ether oxygens (including phenoxy) is 1. The Kier molecular flexibility index (Phi) is 6.20. The molecule has 0 spiro atoms. The molecule has 2 heterocycles. The molecule has 2 amide bonds. The predicted molar refractivity (Wildman–Crippen MR) is 106 cm³/mol. The second-order valence-corrected chi connectivity index (χ2v) is 8.01. The minimum atomic E-state index is -0.107. The molecule has 0 bridgehead atoms. The summed E-state index contributed by atoms with van der Waals surface area (Å²) in [5, 5.41) is 7.91. The van der Waals surface area contributed by atoms with Crippen LogP contribution in [0, 0.1) is 5.92 Å². The summed E-state index contributed by atoms with van der Waals surface area (Å²) in [5.74, 6) is 1.34. The van der Waals surface area contributed by atoms with Crippen LogP contribution in [0.1, 0.15) is 11.3 Å². The van der Waals surface area contributed by atoms with Gasteiger partial charge in [-0.15, -0.1) is 11.3 Å². The summed E-state index contributed by atoms with van der Waals surface area (Å²) < 4.78 is 6.35. The van der Waals surface area contributed by atoms with Gasteiger partial charge in [0.1, 0.15) is 5.75 Å². The van der Waals surface area contributed by atoms with E-state index < -0.39 is 0 Å². The number of nitrogens with one attached hydrogen (secondary N) is 2. The van der Waals surface area contributed by atoms with Crippen molar-refractivity contribution in [1.82, 2.24) is 10.6 Å². The molecule has 1 aromatic carbocycles. The number of hydrogen-bond acceptors (Lipinski definition) is 4. The van der Waals surface area contributed by atoms with Gasteiger partial charge in [-0.3, -0.25) is 0 Å².